The number of nitrogens with zero attached hydrogens (tertiary/aromatic N) is 3. The number of hydrogen-bond acceptors (Lipinski definition) is 4. The summed E-state index contributed by atoms with van der Waals surface area (Å²) in [6.07, 6.45) is 3.78. The Labute approximate surface area is 213 Å². The number of hydrogen-bond donors (Lipinski definition) is 2. The number of aliphatic imine (C=N–C) groups is 1. The van der Waals surface area contributed by atoms with Crippen LogP contribution in [0.1, 0.15) is 29.2 Å². The molecule has 7 nitrogen and oxygen atoms in total. The Balaban J connectivity index is 0.00000385. The van der Waals surface area contributed by atoms with E-state index in [4.69, 9.17) is 9.47 Å². The number of benzene rings is 2. The minimum absolute atomic E-state index is 0. The van der Waals surface area contributed by atoms with Crippen molar-refractivity contribution in [2.45, 2.75) is 33.2 Å². The van der Waals surface area contributed by atoms with Gasteiger partial charge in [0.15, 0.2) is 5.96 Å². The van der Waals surface area contributed by atoms with Crippen LogP contribution >= 0.6 is 24.0 Å². The van der Waals surface area contributed by atoms with E-state index < -0.39 is 0 Å². The Hall–Kier alpha value is -2.43. The number of aromatic nitrogens is 2. The molecule has 0 aliphatic heterocycles. The van der Waals surface area contributed by atoms with Crippen molar-refractivity contribution < 1.29 is 9.47 Å². The van der Waals surface area contributed by atoms with E-state index >= 15 is 0 Å². The highest BCUT2D eigenvalue weighted by Gasteiger charge is 2.05. The monoisotopic (exact) mass is 563 g/mol. The smallest absolute Gasteiger partial charge is 0.191 e. The lowest BCUT2D eigenvalue weighted by Gasteiger charge is -2.15. The molecule has 33 heavy (non-hydrogen) atoms. The average Bonchev–Trinajstić information content (AvgIpc) is 3.33. The van der Waals surface area contributed by atoms with Crippen LogP contribution in [0.4, 0.5) is 0 Å². The molecule has 0 spiro atoms. The first kappa shape index (κ1) is 26.8. The number of ether oxygens (including phenoxy) is 2. The van der Waals surface area contributed by atoms with Gasteiger partial charge in [0, 0.05) is 39.1 Å². The second-order valence-electron chi connectivity index (χ2n) is 7.32. The van der Waals surface area contributed by atoms with E-state index in [1.807, 2.05) is 23.9 Å². The number of guanidine groups is 1. The molecule has 1 aromatic heterocycles. The maximum atomic E-state index is 5.67. The van der Waals surface area contributed by atoms with Gasteiger partial charge < -0.3 is 20.1 Å². The van der Waals surface area contributed by atoms with Crippen molar-refractivity contribution in [3.63, 3.8) is 0 Å². The van der Waals surface area contributed by atoms with Crippen LogP contribution < -0.4 is 10.6 Å². The average molecular weight is 563 g/mol. The largest absolute Gasteiger partial charge is 0.379 e. The van der Waals surface area contributed by atoms with E-state index in [1.54, 1.807) is 13.2 Å². The van der Waals surface area contributed by atoms with Crippen molar-refractivity contribution in [2.75, 3.05) is 26.9 Å². The molecular formula is C25H34IN5O2. The minimum atomic E-state index is 0. The van der Waals surface area contributed by atoms with E-state index in [9.17, 15) is 0 Å². The molecule has 2 N–H and O–H groups in total. The van der Waals surface area contributed by atoms with Crippen LogP contribution in [-0.2, 0) is 35.7 Å². The predicted octanol–water partition coefficient (Wildman–Crippen LogP) is 3.97. The molecule has 0 amide bonds. The SMILES string of the molecule is CCOCCOCc1cccc(CNC(=NC)NCc2ccccc2Cn2cccn2)c1.I. The predicted molar refractivity (Wildman–Crippen MR) is 143 cm³/mol. The summed E-state index contributed by atoms with van der Waals surface area (Å²) in [6.45, 7) is 6.64. The molecule has 3 rings (SSSR count). The lowest BCUT2D eigenvalue weighted by atomic mass is 10.1. The molecule has 8 heteroatoms. The van der Waals surface area contributed by atoms with Crippen LogP contribution in [0, 0.1) is 0 Å². The maximum Gasteiger partial charge on any atom is 0.191 e. The Morgan fingerprint density at radius 2 is 1.70 bits per heavy atom. The van der Waals surface area contributed by atoms with Crippen LogP contribution in [0.2, 0.25) is 0 Å². The molecule has 0 bridgehead atoms. The van der Waals surface area contributed by atoms with Gasteiger partial charge in [0.25, 0.3) is 0 Å². The van der Waals surface area contributed by atoms with Crippen LogP contribution in [0.25, 0.3) is 0 Å². The first-order chi connectivity index (χ1) is 15.8. The molecule has 0 radical (unpaired) electrons. The zero-order valence-electron chi connectivity index (χ0n) is 19.4. The van der Waals surface area contributed by atoms with Gasteiger partial charge in [-0.1, -0.05) is 48.5 Å². The molecule has 0 atom stereocenters. The summed E-state index contributed by atoms with van der Waals surface area (Å²) in [5, 5.41) is 11.1. The molecule has 1 heterocycles. The molecule has 0 saturated carbocycles. The first-order valence-corrected chi connectivity index (χ1v) is 11.0. The zero-order valence-corrected chi connectivity index (χ0v) is 21.7. The summed E-state index contributed by atoms with van der Waals surface area (Å²) < 4.78 is 12.9. The second-order valence-corrected chi connectivity index (χ2v) is 7.32. The highest BCUT2D eigenvalue weighted by Crippen LogP contribution is 2.10. The third-order valence-corrected chi connectivity index (χ3v) is 4.98. The minimum Gasteiger partial charge on any atom is -0.379 e. The highest BCUT2D eigenvalue weighted by molar-refractivity contribution is 14.0. The van der Waals surface area contributed by atoms with Crippen molar-refractivity contribution in [3.8, 4) is 0 Å². The summed E-state index contributed by atoms with van der Waals surface area (Å²) in [7, 11) is 1.79. The van der Waals surface area contributed by atoms with E-state index in [-0.39, 0.29) is 24.0 Å². The topological polar surface area (TPSA) is 72.7 Å². The highest BCUT2D eigenvalue weighted by atomic mass is 127. The van der Waals surface area contributed by atoms with Crippen molar-refractivity contribution in [2.24, 2.45) is 4.99 Å². The normalized spacial score (nSPS) is 11.2. The lowest BCUT2D eigenvalue weighted by molar-refractivity contribution is 0.0453. The van der Waals surface area contributed by atoms with Crippen LogP contribution in [0.3, 0.4) is 0 Å². The van der Waals surface area contributed by atoms with Gasteiger partial charge in [-0.15, -0.1) is 24.0 Å². The molecule has 0 unspecified atom stereocenters. The van der Waals surface area contributed by atoms with Gasteiger partial charge in [-0.2, -0.15) is 5.10 Å². The number of rotatable bonds is 12. The summed E-state index contributed by atoms with van der Waals surface area (Å²) in [5.74, 6) is 0.761. The van der Waals surface area contributed by atoms with Crippen LogP contribution in [-0.4, -0.2) is 42.6 Å². The van der Waals surface area contributed by atoms with E-state index in [2.05, 4.69) is 69.3 Å². The molecule has 3 aromatic rings. The molecule has 0 aliphatic carbocycles. The summed E-state index contributed by atoms with van der Waals surface area (Å²) in [5.41, 5.74) is 4.78. The van der Waals surface area contributed by atoms with Crippen molar-refractivity contribution >= 4 is 29.9 Å². The van der Waals surface area contributed by atoms with Gasteiger partial charge in [-0.05, 0) is 35.2 Å². The van der Waals surface area contributed by atoms with E-state index in [0.29, 0.717) is 32.9 Å². The fraction of sp³-hybridized carbons (Fsp3) is 0.360. The maximum absolute atomic E-state index is 5.67. The van der Waals surface area contributed by atoms with Gasteiger partial charge in [0.05, 0.1) is 26.4 Å². The van der Waals surface area contributed by atoms with Gasteiger partial charge in [-0.3, -0.25) is 9.67 Å². The van der Waals surface area contributed by atoms with Crippen molar-refractivity contribution in [1.29, 1.82) is 0 Å². The van der Waals surface area contributed by atoms with Gasteiger partial charge in [0.2, 0.25) is 0 Å². The number of halogens is 1. The van der Waals surface area contributed by atoms with Gasteiger partial charge >= 0.3 is 0 Å². The third kappa shape index (κ3) is 9.53. The van der Waals surface area contributed by atoms with Gasteiger partial charge in [0.1, 0.15) is 0 Å². The number of nitrogens with one attached hydrogen (secondary N) is 2. The fourth-order valence-electron chi connectivity index (χ4n) is 3.32. The quantitative estimate of drug-likeness (QED) is 0.151. The lowest BCUT2D eigenvalue weighted by Crippen LogP contribution is -2.36. The van der Waals surface area contributed by atoms with Gasteiger partial charge in [-0.25, -0.2) is 0 Å². The molecule has 0 fully saturated rings. The van der Waals surface area contributed by atoms with Crippen molar-refractivity contribution in [3.05, 3.63) is 89.2 Å². The Morgan fingerprint density at radius 3 is 2.45 bits per heavy atom. The van der Waals surface area contributed by atoms with Crippen LogP contribution in [0.5, 0.6) is 0 Å². The molecule has 0 saturated heterocycles. The fourth-order valence-corrected chi connectivity index (χ4v) is 3.32. The standard InChI is InChI=1S/C25H33N5O2.HI/c1-3-31-14-15-32-20-22-9-6-8-21(16-22)17-27-25(26-2)28-18-23-10-4-5-11-24(23)19-30-13-7-12-29-30;/h4-13,16H,3,14-15,17-20H2,1-2H3,(H2,26,27,28);1H. The summed E-state index contributed by atoms with van der Waals surface area (Å²) in [6, 6.07) is 18.7. The Kier molecular flexibility index (Phi) is 12.5. The third-order valence-electron chi connectivity index (χ3n) is 4.98. The van der Waals surface area contributed by atoms with E-state index in [0.717, 1.165) is 24.7 Å². The molecule has 0 aliphatic rings. The Bertz CT molecular complexity index is 963. The zero-order chi connectivity index (χ0) is 22.4. The summed E-state index contributed by atoms with van der Waals surface area (Å²) >= 11 is 0. The second kappa shape index (κ2) is 15.4. The summed E-state index contributed by atoms with van der Waals surface area (Å²) in [4.78, 5) is 4.36. The van der Waals surface area contributed by atoms with E-state index in [1.165, 1.54) is 16.7 Å². The molecular weight excluding hydrogens is 529 g/mol. The molecule has 178 valence electrons. The van der Waals surface area contributed by atoms with Crippen molar-refractivity contribution in [1.82, 2.24) is 20.4 Å². The van der Waals surface area contributed by atoms with Crippen LogP contribution in [0.15, 0.2) is 72.0 Å². The Morgan fingerprint density at radius 1 is 0.939 bits per heavy atom. The first-order valence-electron chi connectivity index (χ1n) is 11.0. The molecule has 2 aromatic carbocycles.